The van der Waals surface area contributed by atoms with Gasteiger partial charge in [0.1, 0.15) is 4.92 Å². The van der Waals surface area contributed by atoms with Crippen LogP contribution in [0.2, 0.25) is 0 Å². The zero-order valence-electron chi connectivity index (χ0n) is 9.97. The van der Waals surface area contributed by atoms with Crippen molar-refractivity contribution in [2.75, 3.05) is 19.8 Å². The number of rotatable bonds is 7. The molecule has 1 heterocycles. The maximum absolute atomic E-state index is 11.5. The average molecular weight is 254 g/mol. The van der Waals surface area contributed by atoms with Gasteiger partial charge in [-0.05, 0) is 13.0 Å². The van der Waals surface area contributed by atoms with Crippen LogP contribution in [0.4, 0.5) is 5.88 Å². The van der Waals surface area contributed by atoms with Crippen molar-refractivity contribution >= 4 is 11.8 Å². The summed E-state index contributed by atoms with van der Waals surface area (Å²) in [4.78, 5) is 21.1. The average Bonchev–Trinajstić information content (AvgIpc) is 2.77. The molecule has 1 amide bonds. The maximum atomic E-state index is 11.5. The molecule has 1 rings (SSSR count). The number of nitrogens with zero attached hydrogens (tertiary/aromatic N) is 1. The lowest BCUT2D eigenvalue weighted by atomic mass is 10.4. The van der Waals surface area contributed by atoms with Gasteiger partial charge in [-0.2, -0.15) is 0 Å². The molecule has 0 bridgehead atoms. The molecule has 7 nitrogen and oxygen atoms in total. The Bertz CT molecular complexity index is 452. The molecule has 0 aliphatic carbocycles. The summed E-state index contributed by atoms with van der Waals surface area (Å²) in [6.45, 7) is 6.56. The highest BCUT2D eigenvalue weighted by atomic mass is 16.6. The summed E-state index contributed by atoms with van der Waals surface area (Å²) < 4.78 is 9.91. The van der Waals surface area contributed by atoms with E-state index in [1.54, 1.807) is 0 Å². The fraction of sp³-hybridized carbons (Fsp3) is 0.364. The Hall–Kier alpha value is -2.15. The van der Waals surface area contributed by atoms with E-state index in [1.807, 2.05) is 6.92 Å². The molecule has 1 aromatic heterocycles. The molecule has 0 spiro atoms. The van der Waals surface area contributed by atoms with Gasteiger partial charge in [0.05, 0.1) is 19.3 Å². The van der Waals surface area contributed by atoms with Gasteiger partial charge in [-0.15, -0.1) is 0 Å². The molecule has 0 fully saturated rings. The van der Waals surface area contributed by atoms with Crippen LogP contribution in [0, 0.1) is 10.1 Å². The van der Waals surface area contributed by atoms with E-state index in [1.165, 1.54) is 6.07 Å². The molecular formula is C11H14N2O5. The van der Waals surface area contributed by atoms with Crippen molar-refractivity contribution in [3.63, 3.8) is 0 Å². The fourth-order valence-corrected chi connectivity index (χ4v) is 1.12. The summed E-state index contributed by atoms with van der Waals surface area (Å²) in [5.41, 5.74) is 0.892. The number of ether oxygens (including phenoxy) is 1. The highest BCUT2D eigenvalue weighted by Gasteiger charge is 2.16. The van der Waals surface area contributed by atoms with E-state index in [4.69, 9.17) is 9.15 Å². The van der Waals surface area contributed by atoms with Gasteiger partial charge in [0.2, 0.25) is 0 Å². The second-order valence-electron chi connectivity index (χ2n) is 3.66. The maximum Gasteiger partial charge on any atom is 0.433 e. The largest absolute Gasteiger partial charge is 0.433 e. The van der Waals surface area contributed by atoms with Crippen molar-refractivity contribution in [1.82, 2.24) is 5.32 Å². The second-order valence-corrected chi connectivity index (χ2v) is 3.66. The predicted octanol–water partition coefficient (Wildman–Crippen LogP) is 1.51. The Morgan fingerprint density at radius 1 is 1.61 bits per heavy atom. The number of nitro groups is 1. The third kappa shape index (κ3) is 4.38. The predicted molar refractivity (Wildman–Crippen MR) is 63.3 cm³/mol. The summed E-state index contributed by atoms with van der Waals surface area (Å²) in [5, 5.41) is 12.9. The van der Waals surface area contributed by atoms with Gasteiger partial charge in [-0.3, -0.25) is 14.9 Å². The van der Waals surface area contributed by atoms with E-state index >= 15 is 0 Å². The number of carbonyl (C=O) groups excluding carboxylic acids is 1. The van der Waals surface area contributed by atoms with Crippen LogP contribution in [0.25, 0.3) is 0 Å². The Balaban J connectivity index is 2.32. The number of carbonyl (C=O) groups is 1. The van der Waals surface area contributed by atoms with Gasteiger partial charge >= 0.3 is 5.88 Å². The monoisotopic (exact) mass is 254 g/mol. The Morgan fingerprint density at radius 3 is 2.89 bits per heavy atom. The van der Waals surface area contributed by atoms with Crippen molar-refractivity contribution in [3.05, 3.63) is 40.2 Å². The minimum atomic E-state index is -0.702. The topological polar surface area (TPSA) is 94.6 Å². The van der Waals surface area contributed by atoms with E-state index in [0.29, 0.717) is 19.8 Å². The van der Waals surface area contributed by atoms with Crippen molar-refractivity contribution in [2.45, 2.75) is 6.92 Å². The lowest BCUT2D eigenvalue weighted by Gasteiger charge is -2.04. The molecule has 0 saturated carbocycles. The van der Waals surface area contributed by atoms with Crippen LogP contribution in [-0.2, 0) is 4.74 Å². The van der Waals surface area contributed by atoms with Crippen LogP contribution in [0.5, 0.6) is 0 Å². The lowest BCUT2D eigenvalue weighted by Crippen LogP contribution is -2.27. The lowest BCUT2D eigenvalue weighted by molar-refractivity contribution is -0.402. The molecule has 0 atom stereocenters. The normalized spacial score (nSPS) is 10.1. The van der Waals surface area contributed by atoms with Crippen LogP contribution in [0.1, 0.15) is 17.5 Å². The number of furan rings is 1. The zero-order valence-corrected chi connectivity index (χ0v) is 9.97. The SMILES string of the molecule is C=C(C)COCCNC(=O)c1ccc([N+](=O)[O-])o1. The molecule has 0 unspecified atom stereocenters. The van der Waals surface area contributed by atoms with E-state index < -0.39 is 16.7 Å². The van der Waals surface area contributed by atoms with Gasteiger partial charge in [-0.1, -0.05) is 12.2 Å². The summed E-state index contributed by atoms with van der Waals surface area (Å²) in [7, 11) is 0. The standard InChI is InChI=1S/C11H14N2O5/c1-8(2)7-17-6-5-12-11(14)9-3-4-10(18-9)13(15)16/h3-4H,1,5-7H2,2H3,(H,12,14). The van der Waals surface area contributed by atoms with Crippen LogP contribution in [0.3, 0.4) is 0 Å². The van der Waals surface area contributed by atoms with Crippen molar-refractivity contribution in [2.24, 2.45) is 0 Å². The Morgan fingerprint density at radius 2 is 2.33 bits per heavy atom. The van der Waals surface area contributed by atoms with E-state index in [2.05, 4.69) is 11.9 Å². The minimum Gasteiger partial charge on any atom is -0.395 e. The van der Waals surface area contributed by atoms with Crippen LogP contribution in [-0.4, -0.2) is 30.6 Å². The summed E-state index contributed by atoms with van der Waals surface area (Å²) in [6.07, 6.45) is 0. The smallest absolute Gasteiger partial charge is 0.395 e. The molecule has 1 N–H and O–H groups in total. The minimum absolute atomic E-state index is 0.0957. The summed E-state index contributed by atoms with van der Waals surface area (Å²) in [5.74, 6) is -1.07. The van der Waals surface area contributed by atoms with Gasteiger partial charge < -0.3 is 14.5 Å². The van der Waals surface area contributed by atoms with Gasteiger partial charge in [0, 0.05) is 6.54 Å². The molecule has 7 heteroatoms. The number of hydrogen-bond donors (Lipinski definition) is 1. The first-order chi connectivity index (χ1) is 8.50. The first-order valence-corrected chi connectivity index (χ1v) is 5.25. The fourth-order valence-electron chi connectivity index (χ4n) is 1.12. The van der Waals surface area contributed by atoms with E-state index in [0.717, 1.165) is 11.6 Å². The molecule has 0 aliphatic heterocycles. The molecule has 0 radical (unpaired) electrons. The Kier molecular flexibility index (Phi) is 5.06. The first kappa shape index (κ1) is 13.9. The number of nitrogens with one attached hydrogen (secondary N) is 1. The van der Waals surface area contributed by atoms with E-state index in [9.17, 15) is 14.9 Å². The third-order valence-electron chi connectivity index (χ3n) is 1.88. The Labute approximate surface area is 104 Å². The second kappa shape index (κ2) is 6.55. The van der Waals surface area contributed by atoms with Crippen LogP contribution < -0.4 is 5.32 Å². The molecular weight excluding hydrogens is 240 g/mol. The van der Waals surface area contributed by atoms with Gasteiger partial charge in [0.15, 0.2) is 5.76 Å². The summed E-state index contributed by atoms with van der Waals surface area (Å²) in [6, 6.07) is 2.38. The quantitative estimate of drug-likeness (QED) is 0.344. The van der Waals surface area contributed by atoms with Crippen molar-refractivity contribution < 1.29 is 18.9 Å². The molecule has 0 saturated heterocycles. The van der Waals surface area contributed by atoms with Crippen molar-refractivity contribution in [1.29, 1.82) is 0 Å². The van der Waals surface area contributed by atoms with Crippen molar-refractivity contribution in [3.8, 4) is 0 Å². The highest BCUT2D eigenvalue weighted by Crippen LogP contribution is 2.15. The molecule has 98 valence electrons. The van der Waals surface area contributed by atoms with Gasteiger partial charge in [0.25, 0.3) is 5.91 Å². The first-order valence-electron chi connectivity index (χ1n) is 5.25. The van der Waals surface area contributed by atoms with Crippen LogP contribution in [0.15, 0.2) is 28.7 Å². The van der Waals surface area contributed by atoms with Gasteiger partial charge in [-0.25, -0.2) is 0 Å². The van der Waals surface area contributed by atoms with E-state index in [-0.39, 0.29) is 5.76 Å². The molecule has 0 aliphatic rings. The van der Waals surface area contributed by atoms with Crippen LogP contribution >= 0.6 is 0 Å². The molecule has 0 aromatic carbocycles. The molecule has 18 heavy (non-hydrogen) atoms. The zero-order chi connectivity index (χ0) is 13.5. The summed E-state index contributed by atoms with van der Waals surface area (Å²) >= 11 is 0. The number of hydrogen-bond acceptors (Lipinski definition) is 5. The number of amides is 1. The third-order valence-corrected chi connectivity index (χ3v) is 1.88. The molecule has 1 aromatic rings. The highest BCUT2D eigenvalue weighted by molar-refractivity contribution is 5.91.